The summed E-state index contributed by atoms with van der Waals surface area (Å²) in [7, 11) is 1.28. The van der Waals surface area contributed by atoms with Crippen LogP contribution in [0.25, 0.3) is 0 Å². The fourth-order valence-corrected chi connectivity index (χ4v) is 4.16. The van der Waals surface area contributed by atoms with E-state index < -0.39 is 36.0 Å². The minimum absolute atomic E-state index is 0.109. The molecule has 9 heteroatoms. The van der Waals surface area contributed by atoms with Gasteiger partial charge in [-0.3, -0.25) is 4.79 Å². The molecule has 2 aliphatic rings. The quantitative estimate of drug-likeness (QED) is 0.413. The van der Waals surface area contributed by atoms with Gasteiger partial charge in [-0.2, -0.15) is 5.11 Å². The van der Waals surface area contributed by atoms with Gasteiger partial charge >= 0.3 is 11.9 Å². The van der Waals surface area contributed by atoms with Gasteiger partial charge in [-0.25, -0.2) is 4.79 Å². The molecular formula is C23H22N2O7. The van der Waals surface area contributed by atoms with Gasteiger partial charge in [0.15, 0.2) is 0 Å². The number of methoxy groups -OCH3 is 1. The Hall–Kier alpha value is -3.72. The van der Waals surface area contributed by atoms with Crippen molar-refractivity contribution in [3.63, 3.8) is 0 Å². The average Bonchev–Trinajstić information content (AvgIpc) is 3.25. The lowest BCUT2D eigenvalue weighted by Gasteiger charge is -2.32. The van der Waals surface area contributed by atoms with Crippen LogP contribution >= 0.6 is 0 Å². The Morgan fingerprint density at radius 1 is 1.09 bits per heavy atom. The summed E-state index contributed by atoms with van der Waals surface area (Å²) >= 11 is 0. The summed E-state index contributed by atoms with van der Waals surface area (Å²) in [4.78, 5) is 24.8. The molecule has 1 aliphatic carbocycles. The molecule has 1 saturated carbocycles. The van der Waals surface area contributed by atoms with Crippen LogP contribution in [0.1, 0.15) is 12.8 Å². The second-order valence-electron chi connectivity index (χ2n) is 7.57. The molecule has 166 valence electrons. The second-order valence-corrected chi connectivity index (χ2v) is 7.57. The molecule has 0 aromatic heterocycles. The number of fused-ring (bicyclic) bond motifs is 1. The highest BCUT2D eigenvalue weighted by molar-refractivity contribution is 5.91. The first-order chi connectivity index (χ1) is 15.5. The molecule has 4 atom stereocenters. The lowest BCUT2D eigenvalue weighted by molar-refractivity contribution is -0.162. The molecule has 9 nitrogen and oxygen atoms in total. The topological polar surface area (TPSA) is 127 Å². The Bertz CT molecular complexity index is 1070. The molecule has 1 fully saturated rings. The van der Waals surface area contributed by atoms with E-state index in [0.29, 0.717) is 18.5 Å². The molecule has 4 unspecified atom stereocenters. The third kappa shape index (κ3) is 4.33. The van der Waals surface area contributed by atoms with E-state index in [1.807, 2.05) is 18.2 Å². The van der Waals surface area contributed by atoms with Crippen LogP contribution in [0.4, 0.5) is 11.4 Å². The zero-order valence-electron chi connectivity index (χ0n) is 17.2. The number of aromatic hydroxyl groups is 1. The predicted molar refractivity (Wildman–Crippen MR) is 111 cm³/mol. The number of ether oxygens (including phenoxy) is 3. The fourth-order valence-electron chi connectivity index (χ4n) is 4.16. The Morgan fingerprint density at radius 3 is 2.59 bits per heavy atom. The number of benzene rings is 2. The molecule has 2 N–H and O–H groups in total. The summed E-state index contributed by atoms with van der Waals surface area (Å²) in [6, 6.07) is 13.3. The van der Waals surface area contributed by atoms with Gasteiger partial charge in [-0.15, -0.1) is 5.11 Å². The van der Waals surface area contributed by atoms with Crippen LogP contribution in [0, 0.1) is 17.8 Å². The predicted octanol–water partition coefficient (Wildman–Crippen LogP) is 3.76. The zero-order valence-corrected chi connectivity index (χ0v) is 17.2. The maximum Gasteiger partial charge on any atom is 0.342 e. The Balaban J connectivity index is 1.46. The number of aliphatic hydroxyl groups excluding tert-OH is 1. The Labute approximate surface area is 184 Å². The highest BCUT2D eigenvalue weighted by Crippen LogP contribution is 2.46. The molecular weight excluding hydrogens is 416 g/mol. The van der Waals surface area contributed by atoms with Crippen LogP contribution in [0.3, 0.4) is 0 Å². The summed E-state index contributed by atoms with van der Waals surface area (Å²) < 4.78 is 15.4. The molecule has 0 saturated heterocycles. The van der Waals surface area contributed by atoms with Crippen LogP contribution in [-0.4, -0.2) is 35.6 Å². The summed E-state index contributed by atoms with van der Waals surface area (Å²) in [5.74, 6) is -2.78. The van der Waals surface area contributed by atoms with Crippen molar-refractivity contribution < 1.29 is 34.0 Å². The SMILES string of the molecule is COC(=O)C1CCC2C(C(=O)Oc3ccc(N=Nc4ccccc4)c(O)c3)=COC(O)C12. The van der Waals surface area contributed by atoms with Crippen molar-refractivity contribution >= 4 is 23.3 Å². The maximum atomic E-state index is 12.8. The van der Waals surface area contributed by atoms with Crippen LogP contribution in [0.2, 0.25) is 0 Å². The van der Waals surface area contributed by atoms with E-state index in [-0.39, 0.29) is 22.8 Å². The fraction of sp³-hybridized carbons (Fsp3) is 0.304. The summed E-state index contributed by atoms with van der Waals surface area (Å²) in [5.41, 5.74) is 1.07. The Morgan fingerprint density at radius 2 is 1.88 bits per heavy atom. The van der Waals surface area contributed by atoms with Crippen molar-refractivity contribution in [3.8, 4) is 11.5 Å². The highest BCUT2D eigenvalue weighted by atomic mass is 16.6. The van der Waals surface area contributed by atoms with E-state index in [4.69, 9.17) is 14.2 Å². The van der Waals surface area contributed by atoms with Gasteiger partial charge in [-0.1, -0.05) is 18.2 Å². The van der Waals surface area contributed by atoms with Crippen molar-refractivity contribution in [1.82, 2.24) is 0 Å². The van der Waals surface area contributed by atoms with Crippen molar-refractivity contribution in [2.24, 2.45) is 28.0 Å². The Kier molecular flexibility index (Phi) is 6.18. The lowest BCUT2D eigenvalue weighted by atomic mass is 9.83. The van der Waals surface area contributed by atoms with Crippen LogP contribution in [0.15, 0.2) is 70.6 Å². The number of aliphatic hydroxyl groups is 1. The van der Waals surface area contributed by atoms with Gasteiger partial charge in [0.1, 0.15) is 17.2 Å². The number of nitrogens with zero attached hydrogens (tertiary/aromatic N) is 2. The first-order valence-corrected chi connectivity index (χ1v) is 10.1. The zero-order chi connectivity index (χ0) is 22.7. The normalized spacial score (nSPS) is 24.4. The average molecular weight is 438 g/mol. The first-order valence-electron chi connectivity index (χ1n) is 10.1. The first kappa shape index (κ1) is 21.5. The number of carbonyl (C=O) groups excluding carboxylic acids is 2. The second kappa shape index (κ2) is 9.19. The van der Waals surface area contributed by atoms with Crippen molar-refractivity contribution in [2.45, 2.75) is 19.1 Å². The third-order valence-corrected chi connectivity index (χ3v) is 5.71. The van der Waals surface area contributed by atoms with Gasteiger partial charge in [-0.05, 0) is 37.1 Å². The van der Waals surface area contributed by atoms with E-state index in [2.05, 4.69) is 10.2 Å². The molecule has 1 heterocycles. The largest absolute Gasteiger partial charge is 0.505 e. The van der Waals surface area contributed by atoms with Crippen LogP contribution in [-0.2, 0) is 19.1 Å². The number of phenolic OH excluding ortho intramolecular Hbond substituents is 1. The number of hydrogen-bond acceptors (Lipinski definition) is 9. The number of esters is 2. The summed E-state index contributed by atoms with van der Waals surface area (Å²) in [5, 5.41) is 28.5. The van der Waals surface area contributed by atoms with Gasteiger partial charge in [0.2, 0.25) is 6.29 Å². The molecule has 4 rings (SSSR count). The lowest BCUT2D eigenvalue weighted by Crippen LogP contribution is -2.39. The molecule has 2 aromatic carbocycles. The number of rotatable bonds is 5. The molecule has 0 spiro atoms. The monoisotopic (exact) mass is 438 g/mol. The highest BCUT2D eigenvalue weighted by Gasteiger charge is 2.50. The van der Waals surface area contributed by atoms with Crippen LogP contribution < -0.4 is 4.74 Å². The van der Waals surface area contributed by atoms with Gasteiger partial charge < -0.3 is 24.4 Å². The van der Waals surface area contributed by atoms with Gasteiger partial charge in [0.25, 0.3) is 0 Å². The molecule has 2 aromatic rings. The molecule has 1 aliphatic heterocycles. The van der Waals surface area contributed by atoms with Crippen molar-refractivity contribution in [3.05, 3.63) is 60.4 Å². The number of phenols is 1. The van der Waals surface area contributed by atoms with E-state index in [1.54, 1.807) is 12.1 Å². The number of hydrogen-bond donors (Lipinski definition) is 2. The minimum atomic E-state index is -1.21. The molecule has 0 radical (unpaired) electrons. The smallest absolute Gasteiger partial charge is 0.342 e. The van der Waals surface area contributed by atoms with E-state index in [0.717, 1.165) is 0 Å². The molecule has 0 bridgehead atoms. The summed E-state index contributed by atoms with van der Waals surface area (Å²) in [6.07, 6.45) is 0.947. The van der Waals surface area contributed by atoms with E-state index >= 15 is 0 Å². The van der Waals surface area contributed by atoms with Crippen molar-refractivity contribution in [1.29, 1.82) is 0 Å². The standard InChI is InChI=1S/C23H22N2O7/c1-30-21(27)16-9-8-15-17(12-31-23(29)20(15)16)22(28)32-14-7-10-18(19(26)11-14)25-24-13-5-3-2-4-6-13/h2-7,10-12,15-16,20,23,26,29H,8-9H2,1H3. The summed E-state index contributed by atoms with van der Waals surface area (Å²) in [6.45, 7) is 0. The van der Waals surface area contributed by atoms with Crippen LogP contribution in [0.5, 0.6) is 11.5 Å². The number of carbonyl (C=O) groups is 2. The van der Waals surface area contributed by atoms with E-state index in [1.165, 1.54) is 31.6 Å². The number of azo groups is 1. The minimum Gasteiger partial charge on any atom is -0.505 e. The van der Waals surface area contributed by atoms with E-state index in [9.17, 15) is 19.8 Å². The third-order valence-electron chi connectivity index (χ3n) is 5.71. The van der Waals surface area contributed by atoms with Gasteiger partial charge in [0.05, 0.1) is 30.6 Å². The molecule has 32 heavy (non-hydrogen) atoms. The maximum absolute atomic E-state index is 12.8. The van der Waals surface area contributed by atoms with Crippen molar-refractivity contribution in [2.75, 3.05) is 7.11 Å². The van der Waals surface area contributed by atoms with Gasteiger partial charge in [0, 0.05) is 17.9 Å². The molecule has 0 amide bonds.